The Morgan fingerprint density at radius 3 is 2.32 bits per heavy atom. The summed E-state index contributed by atoms with van der Waals surface area (Å²) in [7, 11) is 0. The van der Waals surface area contributed by atoms with E-state index in [2.05, 4.69) is 4.98 Å². The maximum atomic E-state index is 13.7. The number of hydrogen-bond acceptors (Lipinski definition) is 10. The van der Waals surface area contributed by atoms with Gasteiger partial charge in [-0.3, -0.25) is 19.4 Å². The van der Waals surface area contributed by atoms with Gasteiger partial charge in [-0.15, -0.1) is 11.8 Å². The van der Waals surface area contributed by atoms with E-state index in [4.69, 9.17) is 24.2 Å². The van der Waals surface area contributed by atoms with Crippen LogP contribution in [0.2, 0.25) is 0 Å². The minimum Gasteiger partial charge on any atom is -0.474 e. The van der Waals surface area contributed by atoms with E-state index in [1.54, 1.807) is 12.1 Å². The molecular formula is C23H21FN2O7S. The summed E-state index contributed by atoms with van der Waals surface area (Å²) in [5, 5.41) is 9.08. The molecule has 0 bridgehead atoms. The van der Waals surface area contributed by atoms with Crippen molar-refractivity contribution in [2.45, 2.75) is 44.5 Å². The molecule has 1 aromatic heterocycles. The second-order valence-corrected chi connectivity index (χ2v) is 8.46. The first-order valence-corrected chi connectivity index (χ1v) is 11.2. The van der Waals surface area contributed by atoms with Gasteiger partial charge in [0.05, 0.1) is 11.8 Å². The fourth-order valence-electron chi connectivity index (χ4n) is 3.38. The van der Waals surface area contributed by atoms with Crippen molar-refractivity contribution in [1.82, 2.24) is 4.98 Å². The van der Waals surface area contributed by atoms with Crippen LogP contribution in [-0.4, -0.2) is 52.4 Å². The predicted octanol–water partition coefficient (Wildman–Crippen LogP) is 3.01. The topological polar surface area (TPSA) is 125 Å². The van der Waals surface area contributed by atoms with Gasteiger partial charge in [0.2, 0.25) is 0 Å². The first kappa shape index (κ1) is 25.0. The molecule has 0 aliphatic carbocycles. The van der Waals surface area contributed by atoms with Crippen molar-refractivity contribution in [1.29, 1.82) is 5.26 Å². The summed E-state index contributed by atoms with van der Waals surface area (Å²) in [5.74, 6) is -1.97. The number of aromatic nitrogens is 1. The Morgan fingerprint density at radius 1 is 1.00 bits per heavy atom. The quantitative estimate of drug-likeness (QED) is 0.442. The number of hydrogen-bond donors (Lipinski definition) is 0. The van der Waals surface area contributed by atoms with Gasteiger partial charge in [0.25, 0.3) is 0 Å². The zero-order chi connectivity index (χ0) is 24.8. The molecule has 11 heteroatoms. The van der Waals surface area contributed by atoms with Gasteiger partial charge >= 0.3 is 17.9 Å². The highest BCUT2D eigenvalue weighted by atomic mass is 32.2. The van der Waals surface area contributed by atoms with Crippen molar-refractivity contribution < 1.29 is 37.7 Å². The normalized spacial score (nSPS) is 21.6. The molecule has 1 aliphatic rings. The van der Waals surface area contributed by atoms with Crippen molar-refractivity contribution in [3.8, 4) is 22.9 Å². The summed E-state index contributed by atoms with van der Waals surface area (Å²) in [6.07, 6.45) is -0.0457. The molecule has 3 rings (SSSR count). The fourth-order valence-corrected chi connectivity index (χ4v) is 4.59. The van der Waals surface area contributed by atoms with Crippen LogP contribution in [0.5, 0.6) is 5.75 Å². The second-order valence-electron chi connectivity index (χ2n) is 7.33. The monoisotopic (exact) mass is 488 g/mol. The van der Waals surface area contributed by atoms with Crippen LogP contribution in [0.4, 0.5) is 4.39 Å². The van der Waals surface area contributed by atoms with Gasteiger partial charge in [-0.1, -0.05) is 6.07 Å². The molecule has 34 heavy (non-hydrogen) atoms. The standard InChI is InChI=1S/C23H21FN2O7S/c1-12(27)30-20-11-34-23(22(32-14(3)29)21(20)31-13(2)28)33-18-7-17(9-26-10-18)15-4-5-19(24)16(6-15)8-25/h4-7,9-10,20-23H,11H2,1-3H3/t20-,21+,22-,23+/m1/s1. The Hall–Kier alpha value is -3.65. The summed E-state index contributed by atoms with van der Waals surface area (Å²) in [6, 6.07) is 7.52. The maximum Gasteiger partial charge on any atom is 0.303 e. The van der Waals surface area contributed by atoms with E-state index < -0.39 is 47.5 Å². The van der Waals surface area contributed by atoms with Crippen LogP contribution in [0.1, 0.15) is 26.3 Å². The molecule has 0 saturated carbocycles. The van der Waals surface area contributed by atoms with E-state index in [1.165, 1.54) is 63.1 Å². The number of rotatable bonds is 6. The third-order valence-electron chi connectivity index (χ3n) is 4.69. The molecule has 0 N–H and O–H groups in total. The Bertz CT molecular complexity index is 1140. The molecule has 178 valence electrons. The molecule has 2 heterocycles. The van der Waals surface area contributed by atoms with Crippen LogP contribution in [0.3, 0.4) is 0 Å². The number of carbonyl (C=O) groups excluding carboxylic acids is 3. The number of ether oxygens (including phenoxy) is 4. The number of carbonyl (C=O) groups is 3. The molecule has 0 spiro atoms. The van der Waals surface area contributed by atoms with E-state index in [-0.39, 0.29) is 11.3 Å². The molecule has 0 amide bonds. The number of pyridine rings is 1. The van der Waals surface area contributed by atoms with Gasteiger partial charge in [0.1, 0.15) is 17.6 Å². The molecule has 1 aromatic carbocycles. The van der Waals surface area contributed by atoms with Gasteiger partial charge < -0.3 is 18.9 Å². The summed E-state index contributed by atoms with van der Waals surface area (Å²) < 4.78 is 35.7. The van der Waals surface area contributed by atoms with Crippen LogP contribution in [0.15, 0.2) is 36.7 Å². The zero-order valence-corrected chi connectivity index (χ0v) is 19.3. The van der Waals surface area contributed by atoms with Gasteiger partial charge in [0, 0.05) is 38.3 Å². The highest BCUT2D eigenvalue weighted by Gasteiger charge is 2.47. The number of nitrogens with zero attached hydrogens (tertiary/aromatic N) is 2. The van der Waals surface area contributed by atoms with Gasteiger partial charge in [-0.2, -0.15) is 5.26 Å². The number of nitriles is 1. The molecule has 4 atom stereocenters. The van der Waals surface area contributed by atoms with Crippen molar-refractivity contribution in [3.05, 3.63) is 48.0 Å². The number of thioether (sulfide) groups is 1. The number of benzene rings is 1. The van der Waals surface area contributed by atoms with Gasteiger partial charge in [0.15, 0.2) is 23.7 Å². The van der Waals surface area contributed by atoms with E-state index in [0.717, 1.165) is 0 Å². The van der Waals surface area contributed by atoms with Crippen molar-refractivity contribution in [2.75, 3.05) is 5.75 Å². The van der Waals surface area contributed by atoms with E-state index in [1.807, 2.05) is 0 Å². The fraction of sp³-hybridized carbons (Fsp3) is 0.348. The summed E-state index contributed by atoms with van der Waals surface area (Å²) >= 11 is 1.21. The van der Waals surface area contributed by atoms with Crippen molar-refractivity contribution >= 4 is 29.7 Å². The lowest BCUT2D eigenvalue weighted by Gasteiger charge is -2.39. The van der Waals surface area contributed by atoms with Crippen molar-refractivity contribution in [2.24, 2.45) is 0 Å². The molecule has 9 nitrogen and oxygen atoms in total. The largest absolute Gasteiger partial charge is 0.474 e. The first-order valence-electron chi connectivity index (χ1n) is 10.1. The van der Waals surface area contributed by atoms with Gasteiger partial charge in [-0.25, -0.2) is 4.39 Å². The maximum absolute atomic E-state index is 13.7. The Morgan fingerprint density at radius 2 is 1.68 bits per heavy atom. The summed E-state index contributed by atoms with van der Waals surface area (Å²) in [4.78, 5) is 39.2. The summed E-state index contributed by atoms with van der Waals surface area (Å²) in [6.45, 7) is 3.62. The number of halogens is 1. The van der Waals surface area contributed by atoms with Crippen LogP contribution >= 0.6 is 11.8 Å². The second kappa shape index (κ2) is 11.0. The molecular weight excluding hydrogens is 467 g/mol. The van der Waals surface area contributed by atoms with Gasteiger partial charge in [-0.05, 0) is 23.8 Å². The average molecular weight is 488 g/mol. The van der Waals surface area contributed by atoms with Crippen LogP contribution in [0.25, 0.3) is 11.1 Å². The van der Waals surface area contributed by atoms with E-state index in [0.29, 0.717) is 16.9 Å². The molecule has 1 aliphatic heterocycles. The van der Waals surface area contributed by atoms with Crippen LogP contribution < -0.4 is 4.74 Å². The summed E-state index contributed by atoms with van der Waals surface area (Å²) in [5.41, 5.74) is 0.187. The average Bonchev–Trinajstić information content (AvgIpc) is 2.77. The van der Waals surface area contributed by atoms with E-state index >= 15 is 0 Å². The van der Waals surface area contributed by atoms with E-state index in [9.17, 15) is 18.8 Å². The lowest BCUT2D eigenvalue weighted by molar-refractivity contribution is -0.186. The Kier molecular flexibility index (Phi) is 8.07. The third-order valence-corrected chi connectivity index (χ3v) is 5.90. The minimum absolute atomic E-state index is 0.109. The lowest BCUT2D eigenvalue weighted by atomic mass is 10.0. The Labute approximate surface area is 199 Å². The van der Waals surface area contributed by atoms with Crippen LogP contribution in [-0.2, 0) is 28.6 Å². The third kappa shape index (κ3) is 6.23. The number of esters is 3. The molecule has 0 radical (unpaired) electrons. The zero-order valence-electron chi connectivity index (χ0n) is 18.5. The molecule has 2 aromatic rings. The Balaban J connectivity index is 1.89. The molecule has 1 fully saturated rings. The smallest absolute Gasteiger partial charge is 0.303 e. The SMILES string of the molecule is CC(=O)O[C@@H]1[C@@H](OC(C)=O)[C@@H](Oc2cncc(-c3ccc(F)c(C#N)c3)c2)SC[C@H]1OC(C)=O. The molecule has 0 unspecified atom stereocenters. The highest BCUT2D eigenvalue weighted by molar-refractivity contribution is 7.99. The first-order chi connectivity index (χ1) is 16.2. The lowest BCUT2D eigenvalue weighted by Crippen LogP contribution is -2.55. The van der Waals surface area contributed by atoms with Crippen molar-refractivity contribution in [3.63, 3.8) is 0 Å². The highest BCUT2D eigenvalue weighted by Crippen LogP contribution is 2.35. The predicted molar refractivity (Wildman–Crippen MR) is 118 cm³/mol. The van der Waals surface area contributed by atoms with Crippen LogP contribution in [0, 0.1) is 17.1 Å². The molecule has 1 saturated heterocycles. The minimum atomic E-state index is -1.08.